The Morgan fingerprint density at radius 3 is 2.24 bits per heavy atom. The van der Waals surface area contributed by atoms with Crippen molar-refractivity contribution in [3.05, 3.63) is 94.1 Å². The summed E-state index contributed by atoms with van der Waals surface area (Å²) in [4.78, 5) is 37.2. The lowest BCUT2D eigenvalue weighted by Gasteiger charge is -2.21. The number of hydrogen-bond acceptors (Lipinski definition) is 9. The van der Waals surface area contributed by atoms with Crippen LogP contribution in [0.2, 0.25) is 0 Å². The minimum Gasteiger partial charge on any atom is -0.460 e. The summed E-state index contributed by atoms with van der Waals surface area (Å²) < 4.78 is 5.44. The number of rotatable bonds is 14. The Labute approximate surface area is 268 Å². The molecule has 2 aromatic carbocycles. The molecule has 4 rings (SSSR count). The fourth-order valence-electron chi connectivity index (χ4n) is 4.63. The van der Waals surface area contributed by atoms with E-state index in [1.807, 2.05) is 88.4 Å². The highest BCUT2D eigenvalue weighted by molar-refractivity contribution is 7.15. The predicted molar refractivity (Wildman–Crippen MR) is 175 cm³/mol. The minimum absolute atomic E-state index is 0.0326. The van der Waals surface area contributed by atoms with Crippen molar-refractivity contribution in [3.63, 3.8) is 0 Å². The Morgan fingerprint density at radius 2 is 1.51 bits per heavy atom. The average molecular weight is 629 g/mol. The highest BCUT2D eigenvalue weighted by atomic mass is 32.1. The number of carbonyl (C=O) groups excluding carboxylic acids is 3. The van der Waals surface area contributed by atoms with Crippen molar-refractivity contribution in [2.45, 2.75) is 84.2 Å². The molecule has 0 spiro atoms. The van der Waals surface area contributed by atoms with Crippen LogP contribution in [-0.2, 0) is 44.8 Å². The van der Waals surface area contributed by atoms with E-state index in [1.54, 1.807) is 6.07 Å². The number of unbranched alkanes of at least 4 members (excludes halogenated alkanes) is 1. The van der Waals surface area contributed by atoms with Crippen LogP contribution in [0.3, 0.4) is 0 Å². The SMILES string of the molecule is CC(CC(=O)OC(C)(C)C)c1cccc(CC(=O)Nc2ccc(CCCCc3nnc(NC(=O)Cc4ccccc4)s3)nn2)c1. The van der Waals surface area contributed by atoms with Gasteiger partial charge >= 0.3 is 5.97 Å². The van der Waals surface area contributed by atoms with Crippen LogP contribution >= 0.6 is 11.3 Å². The Kier molecular flexibility index (Phi) is 11.9. The van der Waals surface area contributed by atoms with Crippen molar-refractivity contribution in [3.8, 4) is 0 Å². The van der Waals surface area contributed by atoms with Gasteiger partial charge in [-0.3, -0.25) is 14.4 Å². The molecule has 45 heavy (non-hydrogen) atoms. The zero-order valence-corrected chi connectivity index (χ0v) is 27.0. The van der Waals surface area contributed by atoms with Gasteiger partial charge in [0.05, 0.1) is 25.0 Å². The molecule has 0 radical (unpaired) electrons. The number of aromatic nitrogens is 4. The molecule has 4 aromatic rings. The summed E-state index contributed by atoms with van der Waals surface area (Å²) in [5.74, 6) is -0.184. The fraction of sp³-hybridized carbons (Fsp3) is 0.382. The molecular weight excluding hydrogens is 588 g/mol. The Hall–Kier alpha value is -4.51. The molecule has 2 amide bonds. The second kappa shape index (κ2) is 16.0. The maximum atomic E-state index is 12.7. The van der Waals surface area contributed by atoms with Gasteiger partial charge in [-0.05, 0) is 74.8 Å². The molecule has 11 heteroatoms. The van der Waals surface area contributed by atoms with Gasteiger partial charge in [-0.2, -0.15) is 5.10 Å². The minimum atomic E-state index is -0.520. The normalized spacial score (nSPS) is 11.9. The standard InChI is InChI=1S/C34H40N6O4S/c1-23(19-32(43)44-34(2,3)4)26-14-10-13-25(20-26)22-29(41)35-28-18-17-27(37-38-28)15-8-9-16-31-39-40-33(45-31)36-30(42)21-24-11-6-5-7-12-24/h5-7,10-14,17-18,20,23H,8-9,15-16,19,21-22H2,1-4H3,(H,35,38,41)(H,36,40,42). The molecule has 1 unspecified atom stereocenters. The van der Waals surface area contributed by atoms with Crippen molar-refractivity contribution in [1.82, 2.24) is 20.4 Å². The number of esters is 1. The predicted octanol–water partition coefficient (Wildman–Crippen LogP) is 6.09. The molecule has 236 valence electrons. The summed E-state index contributed by atoms with van der Waals surface area (Å²) in [5.41, 5.74) is 3.10. The van der Waals surface area contributed by atoms with Gasteiger partial charge in [0, 0.05) is 6.42 Å². The molecule has 10 nitrogen and oxygen atoms in total. The van der Waals surface area contributed by atoms with Gasteiger partial charge in [-0.15, -0.1) is 15.3 Å². The topological polar surface area (TPSA) is 136 Å². The van der Waals surface area contributed by atoms with E-state index in [2.05, 4.69) is 31.0 Å². The Balaban J connectivity index is 1.16. The van der Waals surface area contributed by atoms with E-state index in [4.69, 9.17) is 4.74 Å². The number of nitrogens with one attached hydrogen (secondary N) is 2. The fourth-order valence-corrected chi connectivity index (χ4v) is 5.42. The van der Waals surface area contributed by atoms with Crippen LogP contribution in [0.1, 0.15) is 80.3 Å². The summed E-state index contributed by atoms with van der Waals surface area (Å²) in [6, 6.07) is 20.9. The third-order valence-corrected chi connectivity index (χ3v) is 7.66. The van der Waals surface area contributed by atoms with Gasteiger partial charge in [-0.25, -0.2) is 0 Å². The second-order valence-corrected chi connectivity index (χ2v) is 13.1. The highest BCUT2D eigenvalue weighted by Crippen LogP contribution is 2.23. The molecule has 0 fully saturated rings. The number of aryl methyl sites for hydroxylation is 2. The first-order valence-corrected chi connectivity index (χ1v) is 15.9. The van der Waals surface area contributed by atoms with Crippen molar-refractivity contribution in [2.75, 3.05) is 10.6 Å². The monoisotopic (exact) mass is 628 g/mol. The van der Waals surface area contributed by atoms with E-state index < -0.39 is 5.60 Å². The maximum absolute atomic E-state index is 12.7. The number of nitrogens with zero attached hydrogens (tertiary/aromatic N) is 4. The van der Waals surface area contributed by atoms with Gasteiger partial charge in [-0.1, -0.05) is 72.9 Å². The molecule has 2 aromatic heterocycles. The second-order valence-electron chi connectivity index (χ2n) is 12.0. The Morgan fingerprint density at radius 1 is 0.800 bits per heavy atom. The van der Waals surface area contributed by atoms with Crippen LogP contribution in [-0.4, -0.2) is 43.8 Å². The van der Waals surface area contributed by atoms with E-state index in [-0.39, 0.29) is 36.5 Å². The zero-order chi connectivity index (χ0) is 32.2. The van der Waals surface area contributed by atoms with Gasteiger partial charge < -0.3 is 15.4 Å². The van der Waals surface area contributed by atoms with Gasteiger partial charge in [0.25, 0.3) is 0 Å². The first kappa shape index (κ1) is 33.4. The van der Waals surface area contributed by atoms with E-state index >= 15 is 0 Å². The molecule has 0 aliphatic carbocycles. The number of anilines is 2. The third-order valence-electron chi connectivity index (χ3n) is 6.76. The lowest BCUT2D eigenvalue weighted by Crippen LogP contribution is -2.24. The van der Waals surface area contributed by atoms with Crippen LogP contribution in [0.25, 0.3) is 0 Å². The van der Waals surface area contributed by atoms with E-state index in [0.29, 0.717) is 17.4 Å². The van der Waals surface area contributed by atoms with Crippen LogP contribution < -0.4 is 10.6 Å². The number of hydrogen-bond donors (Lipinski definition) is 2. The summed E-state index contributed by atoms with van der Waals surface area (Å²) in [6.07, 6.45) is 4.03. The zero-order valence-electron chi connectivity index (χ0n) is 26.2. The average Bonchev–Trinajstić information content (AvgIpc) is 3.42. The maximum Gasteiger partial charge on any atom is 0.306 e. The number of amides is 2. The van der Waals surface area contributed by atoms with Gasteiger partial charge in [0.15, 0.2) is 5.82 Å². The molecule has 0 bridgehead atoms. The molecule has 0 saturated carbocycles. The number of ether oxygens (including phenoxy) is 1. The highest BCUT2D eigenvalue weighted by Gasteiger charge is 2.19. The first-order chi connectivity index (χ1) is 21.5. The molecule has 0 aliphatic heterocycles. The van der Waals surface area contributed by atoms with Crippen molar-refractivity contribution < 1.29 is 19.1 Å². The van der Waals surface area contributed by atoms with Crippen LogP contribution in [0.15, 0.2) is 66.7 Å². The molecule has 0 saturated heterocycles. The molecule has 1 atom stereocenters. The van der Waals surface area contributed by atoms with Gasteiger partial charge in [0.2, 0.25) is 16.9 Å². The summed E-state index contributed by atoms with van der Waals surface area (Å²) >= 11 is 1.39. The lowest BCUT2D eigenvalue weighted by molar-refractivity contribution is -0.155. The summed E-state index contributed by atoms with van der Waals surface area (Å²) in [7, 11) is 0. The molecular formula is C34H40N6O4S. The molecule has 2 heterocycles. The molecule has 0 aliphatic rings. The van der Waals surface area contributed by atoms with E-state index in [9.17, 15) is 14.4 Å². The van der Waals surface area contributed by atoms with Crippen molar-refractivity contribution in [2.24, 2.45) is 0 Å². The Bertz CT molecular complexity index is 1570. The quantitative estimate of drug-likeness (QED) is 0.126. The van der Waals surface area contributed by atoms with Crippen LogP contribution in [0, 0.1) is 0 Å². The largest absolute Gasteiger partial charge is 0.460 e. The summed E-state index contributed by atoms with van der Waals surface area (Å²) in [6.45, 7) is 7.53. The smallest absolute Gasteiger partial charge is 0.306 e. The third kappa shape index (κ3) is 11.8. The number of carbonyl (C=O) groups is 3. The van der Waals surface area contributed by atoms with Crippen LogP contribution in [0.4, 0.5) is 10.9 Å². The number of benzene rings is 2. The first-order valence-electron chi connectivity index (χ1n) is 15.1. The molecule has 2 N–H and O–H groups in total. The van der Waals surface area contributed by atoms with Crippen LogP contribution in [0.5, 0.6) is 0 Å². The van der Waals surface area contributed by atoms with Gasteiger partial charge in [0.1, 0.15) is 10.6 Å². The van der Waals surface area contributed by atoms with Crippen molar-refractivity contribution in [1.29, 1.82) is 0 Å². The van der Waals surface area contributed by atoms with Crippen molar-refractivity contribution >= 4 is 40.1 Å². The van der Waals surface area contributed by atoms with E-state index in [0.717, 1.165) is 53.1 Å². The van der Waals surface area contributed by atoms with E-state index in [1.165, 1.54) is 11.3 Å². The lowest BCUT2D eigenvalue weighted by atomic mass is 9.95. The summed E-state index contributed by atoms with van der Waals surface area (Å²) in [5, 5.41) is 23.7.